The van der Waals surface area contributed by atoms with Gasteiger partial charge in [-0.05, 0) is 62.7 Å². The number of aromatic nitrogens is 4. The summed E-state index contributed by atoms with van der Waals surface area (Å²) in [5.74, 6) is 2.08. The van der Waals surface area contributed by atoms with Crippen LogP contribution in [0.3, 0.4) is 0 Å². The van der Waals surface area contributed by atoms with Crippen molar-refractivity contribution in [3.8, 4) is 5.75 Å². The molecule has 0 saturated carbocycles. The summed E-state index contributed by atoms with van der Waals surface area (Å²) in [4.78, 5) is 25.9. The van der Waals surface area contributed by atoms with Gasteiger partial charge in [0.1, 0.15) is 11.6 Å². The van der Waals surface area contributed by atoms with Gasteiger partial charge in [-0.1, -0.05) is 23.9 Å². The van der Waals surface area contributed by atoms with Gasteiger partial charge in [-0.15, -0.1) is 0 Å². The van der Waals surface area contributed by atoms with Crippen molar-refractivity contribution in [3.05, 3.63) is 71.8 Å². The highest BCUT2D eigenvalue weighted by atomic mass is 32.2. The number of rotatable bonds is 8. The van der Waals surface area contributed by atoms with Gasteiger partial charge in [0.25, 0.3) is 5.91 Å². The highest BCUT2D eigenvalue weighted by molar-refractivity contribution is 7.98. The summed E-state index contributed by atoms with van der Waals surface area (Å²) in [6.45, 7) is 6.78. The number of benzene rings is 2. The molecule has 0 saturated heterocycles. The lowest BCUT2D eigenvalue weighted by Gasteiger charge is -2.08. The van der Waals surface area contributed by atoms with Crippen LogP contribution in [0.1, 0.15) is 24.0 Å². The van der Waals surface area contributed by atoms with E-state index in [1.807, 2.05) is 62.4 Å². The maximum Gasteiger partial charge on any atom is 0.262 e. The standard InChI is InChI=1S/C24H25N5O2S/c1-4-29-21-9-8-18(27-23(30)14-31-19-7-5-6-16(2)12-19)13-20(21)28-22(29)15-32-24-25-11-10-17(3)26-24/h5-13H,4,14-15H2,1-3H3,(H,27,30). The van der Waals surface area contributed by atoms with E-state index >= 15 is 0 Å². The third-order valence-corrected chi connectivity index (χ3v) is 5.75. The smallest absolute Gasteiger partial charge is 0.262 e. The van der Waals surface area contributed by atoms with E-state index in [9.17, 15) is 4.79 Å². The largest absolute Gasteiger partial charge is 0.484 e. The molecule has 0 spiro atoms. The molecule has 1 amide bonds. The Hall–Kier alpha value is -3.39. The van der Waals surface area contributed by atoms with Crippen LogP contribution in [0.25, 0.3) is 11.0 Å². The zero-order chi connectivity index (χ0) is 22.5. The number of carbonyl (C=O) groups excluding carboxylic acids is 1. The lowest BCUT2D eigenvalue weighted by molar-refractivity contribution is -0.118. The number of hydrogen-bond donors (Lipinski definition) is 1. The fraction of sp³-hybridized carbons (Fsp3) is 0.250. The van der Waals surface area contributed by atoms with Crippen molar-refractivity contribution in [2.45, 2.75) is 38.2 Å². The molecule has 2 aromatic carbocycles. The molecule has 0 aliphatic rings. The molecule has 164 valence electrons. The van der Waals surface area contributed by atoms with Gasteiger partial charge in [0, 0.05) is 24.1 Å². The third-order valence-electron chi connectivity index (χ3n) is 4.89. The SMILES string of the molecule is CCn1c(CSc2nccc(C)n2)nc2cc(NC(=O)COc3cccc(C)c3)ccc21. The number of nitrogens with one attached hydrogen (secondary N) is 1. The molecule has 0 aliphatic carbocycles. The number of thioether (sulfide) groups is 1. The second-order valence-corrected chi connectivity index (χ2v) is 8.34. The number of fused-ring (bicyclic) bond motifs is 1. The number of anilines is 1. The number of aryl methyl sites for hydroxylation is 3. The van der Waals surface area contributed by atoms with Crippen molar-refractivity contribution in [2.24, 2.45) is 0 Å². The molecule has 2 aromatic heterocycles. The molecule has 32 heavy (non-hydrogen) atoms. The van der Waals surface area contributed by atoms with Crippen LogP contribution >= 0.6 is 11.8 Å². The Morgan fingerprint density at radius 3 is 2.78 bits per heavy atom. The Kier molecular flexibility index (Phi) is 6.70. The zero-order valence-corrected chi connectivity index (χ0v) is 19.1. The first-order valence-electron chi connectivity index (χ1n) is 10.4. The minimum atomic E-state index is -0.215. The van der Waals surface area contributed by atoms with Gasteiger partial charge in [-0.2, -0.15) is 0 Å². The van der Waals surface area contributed by atoms with E-state index in [0.717, 1.165) is 39.8 Å². The summed E-state index contributed by atoms with van der Waals surface area (Å²) in [5.41, 5.74) is 4.59. The van der Waals surface area contributed by atoms with E-state index in [-0.39, 0.29) is 12.5 Å². The Morgan fingerprint density at radius 2 is 2.00 bits per heavy atom. The van der Waals surface area contributed by atoms with Crippen LogP contribution in [0, 0.1) is 13.8 Å². The fourth-order valence-corrected chi connectivity index (χ4v) is 4.22. The summed E-state index contributed by atoms with van der Waals surface area (Å²) in [7, 11) is 0. The van der Waals surface area contributed by atoms with Crippen molar-refractivity contribution in [1.82, 2.24) is 19.5 Å². The van der Waals surface area contributed by atoms with E-state index in [1.54, 1.807) is 18.0 Å². The first-order chi connectivity index (χ1) is 15.5. The normalized spacial score (nSPS) is 11.0. The van der Waals surface area contributed by atoms with Gasteiger partial charge in [0.2, 0.25) is 0 Å². The molecule has 4 aromatic rings. The first kappa shape index (κ1) is 21.8. The fourth-order valence-electron chi connectivity index (χ4n) is 3.40. The minimum absolute atomic E-state index is 0.0523. The topological polar surface area (TPSA) is 81.9 Å². The van der Waals surface area contributed by atoms with Gasteiger partial charge in [-0.25, -0.2) is 15.0 Å². The maximum atomic E-state index is 12.3. The molecule has 2 heterocycles. The summed E-state index contributed by atoms with van der Waals surface area (Å²) >= 11 is 1.56. The molecule has 0 bridgehead atoms. The van der Waals surface area contributed by atoms with E-state index in [4.69, 9.17) is 9.72 Å². The van der Waals surface area contributed by atoms with Crippen molar-refractivity contribution < 1.29 is 9.53 Å². The molecule has 4 rings (SSSR count). The maximum absolute atomic E-state index is 12.3. The summed E-state index contributed by atoms with van der Waals surface area (Å²) in [6.07, 6.45) is 1.77. The summed E-state index contributed by atoms with van der Waals surface area (Å²) in [6, 6.07) is 15.3. The quantitative estimate of drug-likeness (QED) is 0.309. The molecule has 0 aliphatic heterocycles. The first-order valence-corrected chi connectivity index (χ1v) is 11.4. The number of nitrogens with zero attached hydrogens (tertiary/aromatic N) is 4. The van der Waals surface area contributed by atoms with Gasteiger partial charge in [-0.3, -0.25) is 4.79 Å². The van der Waals surface area contributed by atoms with E-state index in [0.29, 0.717) is 17.2 Å². The van der Waals surface area contributed by atoms with Gasteiger partial charge < -0.3 is 14.6 Å². The number of carbonyl (C=O) groups is 1. The average Bonchev–Trinajstić information content (AvgIpc) is 3.13. The number of amides is 1. The van der Waals surface area contributed by atoms with E-state index < -0.39 is 0 Å². The highest BCUT2D eigenvalue weighted by Crippen LogP contribution is 2.25. The Balaban J connectivity index is 1.44. The van der Waals surface area contributed by atoms with Gasteiger partial charge >= 0.3 is 0 Å². The molecule has 0 atom stereocenters. The van der Waals surface area contributed by atoms with Crippen LogP contribution in [0.2, 0.25) is 0 Å². The highest BCUT2D eigenvalue weighted by Gasteiger charge is 2.12. The Bertz CT molecular complexity index is 1250. The van der Waals surface area contributed by atoms with Crippen molar-refractivity contribution in [2.75, 3.05) is 11.9 Å². The predicted molar refractivity (Wildman–Crippen MR) is 127 cm³/mol. The van der Waals surface area contributed by atoms with Crippen LogP contribution in [-0.2, 0) is 17.1 Å². The van der Waals surface area contributed by atoms with Crippen LogP contribution in [0.4, 0.5) is 5.69 Å². The zero-order valence-electron chi connectivity index (χ0n) is 18.3. The summed E-state index contributed by atoms with van der Waals surface area (Å²) in [5, 5.41) is 3.63. The lowest BCUT2D eigenvalue weighted by Crippen LogP contribution is -2.20. The van der Waals surface area contributed by atoms with Crippen molar-refractivity contribution in [1.29, 1.82) is 0 Å². The third kappa shape index (κ3) is 5.26. The van der Waals surface area contributed by atoms with Crippen LogP contribution in [-0.4, -0.2) is 32.0 Å². The molecule has 0 fully saturated rings. The minimum Gasteiger partial charge on any atom is -0.484 e. The number of hydrogen-bond acceptors (Lipinski definition) is 6. The van der Waals surface area contributed by atoms with Crippen molar-refractivity contribution >= 4 is 34.4 Å². The monoisotopic (exact) mass is 447 g/mol. The van der Waals surface area contributed by atoms with Gasteiger partial charge in [0.15, 0.2) is 11.8 Å². The Labute approximate surface area is 191 Å². The molecule has 1 N–H and O–H groups in total. The average molecular weight is 448 g/mol. The molecule has 7 nitrogen and oxygen atoms in total. The molecular formula is C24H25N5O2S. The predicted octanol–water partition coefficient (Wildman–Crippen LogP) is 4.77. The van der Waals surface area contributed by atoms with E-state index in [1.165, 1.54) is 0 Å². The van der Waals surface area contributed by atoms with Gasteiger partial charge in [0.05, 0.1) is 16.8 Å². The molecule has 0 unspecified atom stereocenters. The lowest BCUT2D eigenvalue weighted by atomic mass is 10.2. The summed E-state index contributed by atoms with van der Waals surface area (Å²) < 4.78 is 7.76. The Morgan fingerprint density at radius 1 is 1.12 bits per heavy atom. The van der Waals surface area contributed by atoms with Crippen LogP contribution < -0.4 is 10.1 Å². The van der Waals surface area contributed by atoms with Crippen LogP contribution in [0.5, 0.6) is 5.75 Å². The molecule has 8 heteroatoms. The number of ether oxygens (including phenoxy) is 1. The van der Waals surface area contributed by atoms with Crippen LogP contribution in [0.15, 0.2) is 59.9 Å². The van der Waals surface area contributed by atoms with E-state index in [2.05, 4.69) is 26.8 Å². The molecular weight excluding hydrogens is 422 g/mol. The second-order valence-electron chi connectivity index (χ2n) is 7.40. The van der Waals surface area contributed by atoms with Crippen molar-refractivity contribution in [3.63, 3.8) is 0 Å². The molecule has 0 radical (unpaired) electrons. The second kappa shape index (κ2) is 9.82. The number of imidazole rings is 1.